The van der Waals surface area contributed by atoms with E-state index >= 15 is 0 Å². The number of amides is 1. The average Bonchev–Trinajstić information content (AvgIpc) is 3.05. The summed E-state index contributed by atoms with van der Waals surface area (Å²) in [5, 5.41) is 0. The summed E-state index contributed by atoms with van der Waals surface area (Å²) >= 11 is 0. The van der Waals surface area contributed by atoms with Crippen molar-refractivity contribution in [3.05, 3.63) is 71.4 Å². The molecule has 0 aliphatic rings. The molecule has 28 heavy (non-hydrogen) atoms. The Hall–Kier alpha value is -3.21. The molecule has 3 rings (SSSR count). The maximum atomic E-state index is 11.9. The zero-order valence-corrected chi connectivity index (χ0v) is 16.6. The monoisotopic (exact) mass is 378 g/mol. The zero-order chi connectivity index (χ0) is 20.1. The van der Waals surface area contributed by atoms with E-state index in [0.29, 0.717) is 11.3 Å². The number of hydrogen-bond acceptors (Lipinski definition) is 3. The minimum Gasteiger partial charge on any atom is -0.497 e. The maximum Gasteiger partial charge on any atom is 0.250 e. The molecule has 5 nitrogen and oxygen atoms in total. The first-order valence-corrected chi connectivity index (χ1v) is 9.31. The number of ether oxygens (including phenoxy) is 2. The fraction of sp³-hybridized carbons (Fsp3) is 0.261. The van der Waals surface area contributed by atoms with Crippen molar-refractivity contribution in [1.82, 2.24) is 4.57 Å². The van der Waals surface area contributed by atoms with E-state index in [1.54, 1.807) is 14.2 Å². The molecule has 1 aromatic heterocycles. The van der Waals surface area contributed by atoms with Gasteiger partial charge in [-0.25, -0.2) is 0 Å². The molecule has 0 saturated heterocycles. The molecule has 1 amide bonds. The van der Waals surface area contributed by atoms with E-state index in [1.165, 1.54) is 5.56 Å². The molecule has 0 atom stereocenters. The predicted octanol–water partition coefficient (Wildman–Crippen LogP) is 4.21. The van der Waals surface area contributed by atoms with Crippen LogP contribution in [0.2, 0.25) is 0 Å². The highest BCUT2D eigenvalue weighted by molar-refractivity contribution is 5.96. The largest absolute Gasteiger partial charge is 0.497 e. The molecular weight excluding hydrogens is 352 g/mol. The second-order valence-corrected chi connectivity index (χ2v) is 6.70. The molecule has 0 fully saturated rings. The number of hydrogen-bond donors (Lipinski definition) is 1. The van der Waals surface area contributed by atoms with E-state index in [9.17, 15) is 4.79 Å². The molecule has 5 heteroatoms. The molecule has 0 saturated carbocycles. The Morgan fingerprint density at radius 2 is 1.79 bits per heavy atom. The molecule has 2 N–H and O–H groups in total. The number of nitrogens with two attached hydrogens (primary N) is 1. The zero-order valence-electron chi connectivity index (χ0n) is 16.6. The third-order valence-electron chi connectivity index (χ3n) is 5.01. The summed E-state index contributed by atoms with van der Waals surface area (Å²) in [7, 11) is 3.25. The number of aromatic nitrogens is 1. The van der Waals surface area contributed by atoms with Crippen molar-refractivity contribution in [2.75, 3.05) is 14.2 Å². The molecule has 3 aromatic rings. The van der Waals surface area contributed by atoms with E-state index in [4.69, 9.17) is 15.2 Å². The molecule has 146 valence electrons. The fourth-order valence-corrected chi connectivity index (χ4v) is 3.50. The van der Waals surface area contributed by atoms with Crippen molar-refractivity contribution in [3.63, 3.8) is 0 Å². The van der Waals surface area contributed by atoms with Crippen molar-refractivity contribution in [3.8, 4) is 22.8 Å². The van der Waals surface area contributed by atoms with Gasteiger partial charge < -0.3 is 19.8 Å². The number of nitrogens with zero attached hydrogens (tertiary/aromatic N) is 1. The lowest BCUT2D eigenvalue weighted by Gasteiger charge is -2.15. The van der Waals surface area contributed by atoms with Gasteiger partial charge in [0.2, 0.25) is 0 Å². The fourth-order valence-electron chi connectivity index (χ4n) is 3.50. The first kappa shape index (κ1) is 19.5. The summed E-state index contributed by atoms with van der Waals surface area (Å²) in [5.74, 6) is 0.986. The minimum absolute atomic E-state index is 0.423. The number of benzene rings is 2. The van der Waals surface area contributed by atoms with Crippen molar-refractivity contribution in [2.24, 2.45) is 5.73 Å². The van der Waals surface area contributed by atoms with Gasteiger partial charge in [0.25, 0.3) is 5.91 Å². The third kappa shape index (κ3) is 4.03. The van der Waals surface area contributed by atoms with Crippen LogP contribution < -0.4 is 15.2 Å². The maximum absolute atomic E-state index is 11.9. The van der Waals surface area contributed by atoms with Gasteiger partial charge in [-0.05, 0) is 43.5 Å². The predicted molar refractivity (Wildman–Crippen MR) is 111 cm³/mol. The van der Waals surface area contributed by atoms with Crippen LogP contribution in [0.1, 0.15) is 28.0 Å². The van der Waals surface area contributed by atoms with Gasteiger partial charge in [-0.15, -0.1) is 0 Å². The second-order valence-electron chi connectivity index (χ2n) is 6.70. The standard InChI is InChI=1S/C23H26N2O3/c1-16-20(23(24)26)15-21(19-12-11-18(27-2)14-22(19)28-3)25(16)13-7-10-17-8-5-4-6-9-17/h4-6,8-9,11-12,14-15H,7,10,13H2,1-3H3,(H2,24,26). The lowest BCUT2D eigenvalue weighted by molar-refractivity contribution is 0.0999. The quantitative estimate of drug-likeness (QED) is 0.638. The molecule has 0 aliphatic heterocycles. The molecular formula is C23H26N2O3. The number of primary amides is 1. The summed E-state index contributed by atoms with van der Waals surface area (Å²) in [6, 6.07) is 17.9. The van der Waals surface area contributed by atoms with Gasteiger partial charge in [-0.2, -0.15) is 0 Å². The molecule has 2 aromatic carbocycles. The first-order valence-electron chi connectivity index (χ1n) is 9.31. The smallest absolute Gasteiger partial charge is 0.250 e. The van der Waals surface area contributed by atoms with Gasteiger partial charge in [-0.1, -0.05) is 30.3 Å². The van der Waals surface area contributed by atoms with Crippen LogP contribution in [-0.4, -0.2) is 24.7 Å². The van der Waals surface area contributed by atoms with Gasteiger partial charge in [0.15, 0.2) is 0 Å². The molecule has 0 aliphatic carbocycles. The van der Waals surface area contributed by atoms with Crippen molar-refractivity contribution in [2.45, 2.75) is 26.3 Å². The van der Waals surface area contributed by atoms with Crippen LogP contribution in [-0.2, 0) is 13.0 Å². The number of rotatable bonds is 8. The Morgan fingerprint density at radius 1 is 1.04 bits per heavy atom. The van der Waals surface area contributed by atoms with Crippen molar-refractivity contribution >= 4 is 5.91 Å². The van der Waals surface area contributed by atoms with Gasteiger partial charge in [0.05, 0.1) is 25.5 Å². The molecule has 0 bridgehead atoms. The van der Waals surface area contributed by atoms with Gasteiger partial charge >= 0.3 is 0 Å². The summed E-state index contributed by atoms with van der Waals surface area (Å²) in [5.41, 5.74) is 10.1. The Kier molecular flexibility index (Phi) is 6.04. The number of carbonyl (C=O) groups is 1. The van der Waals surface area contributed by atoms with Gasteiger partial charge in [0, 0.05) is 23.9 Å². The summed E-state index contributed by atoms with van der Waals surface area (Å²) < 4.78 is 13.0. The van der Waals surface area contributed by atoms with Gasteiger partial charge in [-0.3, -0.25) is 4.79 Å². The highest BCUT2D eigenvalue weighted by Gasteiger charge is 2.19. The van der Waals surface area contributed by atoms with E-state index in [1.807, 2.05) is 37.3 Å². The summed E-state index contributed by atoms with van der Waals surface area (Å²) in [6.07, 6.45) is 1.91. The highest BCUT2D eigenvalue weighted by atomic mass is 16.5. The van der Waals surface area contributed by atoms with Crippen LogP contribution in [0, 0.1) is 6.92 Å². The Bertz CT molecular complexity index is 961. The Balaban J connectivity index is 1.96. The second kappa shape index (κ2) is 8.65. The lowest BCUT2D eigenvalue weighted by atomic mass is 10.1. The van der Waals surface area contributed by atoms with Gasteiger partial charge in [0.1, 0.15) is 11.5 Å². The Morgan fingerprint density at radius 3 is 2.43 bits per heavy atom. The summed E-state index contributed by atoms with van der Waals surface area (Å²) in [4.78, 5) is 11.9. The summed E-state index contributed by atoms with van der Waals surface area (Å²) in [6.45, 7) is 2.71. The number of aryl methyl sites for hydroxylation is 1. The first-order chi connectivity index (χ1) is 13.5. The van der Waals surface area contributed by atoms with Crippen LogP contribution >= 0.6 is 0 Å². The van der Waals surface area contributed by atoms with Crippen molar-refractivity contribution in [1.29, 1.82) is 0 Å². The van der Waals surface area contributed by atoms with E-state index in [2.05, 4.69) is 28.8 Å². The number of carbonyl (C=O) groups excluding carboxylic acids is 1. The molecule has 1 heterocycles. The molecule has 0 unspecified atom stereocenters. The average molecular weight is 378 g/mol. The van der Waals surface area contributed by atoms with E-state index < -0.39 is 5.91 Å². The normalized spacial score (nSPS) is 10.7. The Labute approximate surface area is 165 Å². The van der Waals surface area contributed by atoms with Crippen LogP contribution in [0.4, 0.5) is 0 Å². The van der Waals surface area contributed by atoms with E-state index in [-0.39, 0.29) is 0 Å². The minimum atomic E-state index is -0.423. The number of methoxy groups -OCH3 is 2. The topological polar surface area (TPSA) is 66.5 Å². The van der Waals surface area contributed by atoms with Crippen molar-refractivity contribution < 1.29 is 14.3 Å². The van der Waals surface area contributed by atoms with Crippen LogP contribution in [0.3, 0.4) is 0 Å². The van der Waals surface area contributed by atoms with Crippen LogP contribution in [0.25, 0.3) is 11.3 Å². The molecule has 0 radical (unpaired) electrons. The SMILES string of the molecule is COc1ccc(-c2cc(C(N)=O)c(C)n2CCCc2ccccc2)c(OC)c1. The molecule has 0 spiro atoms. The third-order valence-corrected chi connectivity index (χ3v) is 5.01. The van der Waals surface area contributed by atoms with E-state index in [0.717, 1.165) is 42.1 Å². The lowest BCUT2D eigenvalue weighted by Crippen LogP contribution is -2.12. The van der Waals surface area contributed by atoms with Crippen LogP contribution in [0.15, 0.2) is 54.6 Å². The van der Waals surface area contributed by atoms with Crippen LogP contribution in [0.5, 0.6) is 11.5 Å². The highest BCUT2D eigenvalue weighted by Crippen LogP contribution is 2.35.